The summed E-state index contributed by atoms with van der Waals surface area (Å²) in [6, 6.07) is 77.3. The molecule has 0 saturated heterocycles. The second-order valence-electron chi connectivity index (χ2n) is 14.9. The molecule has 0 saturated carbocycles. The average molecular weight is 759 g/mol. The van der Waals surface area contributed by atoms with Crippen LogP contribution in [0.1, 0.15) is 5.56 Å². The van der Waals surface area contributed by atoms with Crippen LogP contribution in [0, 0.1) is 6.92 Å². The Morgan fingerprint density at radius 2 is 0.914 bits per heavy atom. The van der Waals surface area contributed by atoms with Crippen molar-refractivity contribution in [3.63, 3.8) is 0 Å². The van der Waals surface area contributed by atoms with E-state index in [1.54, 1.807) is 0 Å². The maximum atomic E-state index is 2.51. The van der Waals surface area contributed by atoms with Gasteiger partial charge < -0.3 is 9.47 Å². The van der Waals surface area contributed by atoms with Crippen LogP contribution in [-0.2, 0) is 0 Å². The zero-order valence-corrected chi connectivity index (χ0v) is 32.8. The maximum absolute atomic E-state index is 2.51. The Hall–Kier alpha value is -7.20. The Balaban J connectivity index is 1.15. The minimum absolute atomic E-state index is 1.10. The fourth-order valence-corrected chi connectivity index (χ4v) is 10.1. The molecule has 0 unspecified atom stereocenters. The minimum atomic E-state index is 1.10. The Kier molecular flexibility index (Phi) is 8.27. The minimum Gasteiger partial charge on any atom is -0.310 e. The summed E-state index contributed by atoms with van der Waals surface area (Å²) >= 11 is 1.89. The van der Waals surface area contributed by atoms with Crippen LogP contribution < -0.4 is 4.90 Å². The maximum Gasteiger partial charge on any atom is 0.0570 e. The number of hydrogen-bond donors (Lipinski definition) is 0. The monoisotopic (exact) mass is 758 g/mol. The highest BCUT2D eigenvalue weighted by Crippen LogP contribution is 2.47. The number of fused-ring (bicyclic) bond motifs is 6. The lowest BCUT2D eigenvalue weighted by Gasteiger charge is -2.27. The molecule has 2 aromatic heterocycles. The van der Waals surface area contributed by atoms with Gasteiger partial charge in [-0.3, -0.25) is 0 Å². The van der Waals surface area contributed by atoms with Crippen LogP contribution in [0.15, 0.2) is 212 Å². The number of nitrogens with zero attached hydrogens (tertiary/aromatic N) is 2. The van der Waals surface area contributed by atoms with Gasteiger partial charge >= 0.3 is 0 Å². The van der Waals surface area contributed by atoms with Gasteiger partial charge in [-0.25, -0.2) is 0 Å². The van der Waals surface area contributed by atoms with E-state index in [1.807, 2.05) is 11.3 Å². The highest BCUT2D eigenvalue weighted by molar-refractivity contribution is 7.26. The van der Waals surface area contributed by atoms with Crippen LogP contribution in [0.2, 0.25) is 0 Å². The summed E-state index contributed by atoms with van der Waals surface area (Å²) in [7, 11) is 0. The second-order valence-corrected chi connectivity index (χ2v) is 16.0. The molecule has 0 aliphatic rings. The van der Waals surface area contributed by atoms with Crippen LogP contribution in [0.4, 0.5) is 17.1 Å². The predicted molar refractivity (Wildman–Crippen MR) is 249 cm³/mol. The van der Waals surface area contributed by atoms with Crippen LogP contribution in [0.5, 0.6) is 0 Å². The highest BCUT2D eigenvalue weighted by atomic mass is 32.1. The van der Waals surface area contributed by atoms with Crippen LogP contribution in [0.3, 0.4) is 0 Å². The van der Waals surface area contributed by atoms with Gasteiger partial charge in [0.05, 0.1) is 22.4 Å². The van der Waals surface area contributed by atoms with E-state index in [0.717, 1.165) is 17.1 Å². The molecule has 3 heteroatoms. The average Bonchev–Trinajstić information content (AvgIpc) is 3.84. The van der Waals surface area contributed by atoms with E-state index in [-0.39, 0.29) is 0 Å². The summed E-state index contributed by atoms with van der Waals surface area (Å²) in [6.45, 7) is 2.25. The fourth-order valence-electron chi connectivity index (χ4n) is 8.85. The lowest BCUT2D eigenvalue weighted by atomic mass is 9.98. The van der Waals surface area contributed by atoms with E-state index >= 15 is 0 Å². The quantitative estimate of drug-likeness (QED) is 0.157. The van der Waals surface area contributed by atoms with E-state index in [1.165, 1.54) is 86.6 Å². The van der Waals surface area contributed by atoms with Gasteiger partial charge in [-0.1, -0.05) is 164 Å². The summed E-state index contributed by atoms with van der Waals surface area (Å²) in [6.07, 6.45) is 0. The molecule has 11 aromatic rings. The molecule has 11 rings (SSSR count). The van der Waals surface area contributed by atoms with Crippen LogP contribution in [0.25, 0.3) is 81.0 Å². The number of thiophene rings is 1. The van der Waals surface area contributed by atoms with Crippen molar-refractivity contribution in [3.8, 4) is 39.1 Å². The summed E-state index contributed by atoms with van der Waals surface area (Å²) in [5.41, 5.74) is 15.4. The first-order valence-corrected chi connectivity index (χ1v) is 20.7. The number of rotatable bonds is 7. The smallest absolute Gasteiger partial charge is 0.0570 e. The Labute approximate surface area is 342 Å². The number of aromatic nitrogens is 1. The molecule has 0 spiro atoms. The Bertz CT molecular complexity index is 3180. The number of benzene rings is 9. The van der Waals surface area contributed by atoms with Crippen molar-refractivity contribution in [2.75, 3.05) is 4.90 Å². The SMILES string of the molecule is Cc1cccc(-c2cccc3c2sc2ccccc23)c1-n1c2ccccc2c2c(N(c3ccc(-c4ccccc4)cc3)c3ccc(-c4ccccc4)cc3)cccc21. The molecule has 0 amide bonds. The molecule has 2 heterocycles. The molecule has 0 aliphatic carbocycles. The van der Waals surface area contributed by atoms with Crippen molar-refractivity contribution < 1.29 is 0 Å². The number of anilines is 3. The number of aryl methyl sites for hydroxylation is 1. The largest absolute Gasteiger partial charge is 0.310 e. The van der Waals surface area contributed by atoms with E-state index in [4.69, 9.17) is 0 Å². The van der Waals surface area contributed by atoms with Crippen molar-refractivity contribution in [2.45, 2.75) is 6.92 Å². The third kappa shape index (κ3) is 5.62. The van der Waals surface area contributed by atoms with Crippen molar-refractivity contribution in [1.29, 1.82) is 0 Å². The molecular formula is C55H38N2S. The fraction of sp³-hybridized carbons (Fsp3) is 0.0182. The van der Waals surface area contributed by atoms with E-state index in [0.29, 0.717) is 0 Å². The molecule has 274 valence electrons. The van der Waals surface area contributed by atoms with Gasteiger partial charge in [-0.2, -0.15) is 0 Å². The molecule has 9 aromatic carbocycles. The lowest BCUT2D eigenvalue weighted by Crippen LogP contribution is -2.10. The van der Waals surface area contributed by atoms with Crippen molar-refractivity contribution >= 4 is 70.4 Å². The normalized spacial score (nSPS) is 11.5. The highest BCUT2D eigenvalue weighted by Gasteiger charge is 2.24. The molecule has 0 bridgehead atoms. The standard InChI is InChI=1S/C55H38N2S/c1-37-15-12-22-45(47-24-13-23-46-44-20-9-11-28-52(44)58-55(46)47)54(37)57-49-25-10-8-21-48(49)53-50(26-14-27-51(53)57)56(42-33-29-40(30-34-42)38-16-4-2-5-17-38)43-35-31-41(32-36-43)39-18-6-3-7-19-39/h2-36H,1H3. The van der Waals surface area contributed by atoms with Crippen LogP contribution >= 0.6 is 11.3 Å². The summed E-state index contributed by atoms with van der Waals surface area (Å²) in [5, 5.41) is 5.05. The van der Waals surface area contributed by atoms with E-state index in [9.17, 15) is 0 Å². The molecule has 58 heavy (non-hydrogen) atoms. The van der Waals surface area contributed by atoms with Crippen molar-refractivity contribution in [2.24, 2.45) is 0 Å². The molecule has 0 N–H and O–H groups in total. The third-order valence-corrected chi connectivity index (χ3v) is 12.8. The first kappa shape index (κ1) is 34.1. The Morgan fingerprint density at radius 3 is 1.60 bits per heavy atom. The van der Waals surface area contributed by atoms with Gasteiger partial charge in [0, 0.05) is 53.4 Å². The molecule has 0 aliphatic heterocycles. The molecule has 0 radical (unpaired) electrons. The first-order valence-electron chi connectivity index (χ1n) is 19.9. The summed E-state index contributed by atoms with van der Waals surface area (Å²) in [4.78, 5) is 2.43. The summed E-state index contributed by atoms with van der Waals surface area (Å²) < 4.78 is 5.15. The van der Waals surface area contributed by atoms with E-state index < -0.39 is 0 Å². The molecule has 0 fully saturated rings. The Morgan fingerprint density at radius 1 is 0.397 bits per heavy atom. The predicted octanol–water partition coefficient (Wildman–Crippen LogP) is 15.9. The van der Waals surface area contributed by atoms with Gasteiger partial charge in [0.1, 0.15) is 0 Å². The van der Waals surface area contributed by atoms with Gasteiger partial charge in [0.15, 0.2) is 0 Å². The van der Waals surface area contributed by atoms with E-state index in [2.05, 4.69) is 229 Å². The first-order chi connectivity index (χ1) is 28.7. The molecular weight excluding hydrogens is 721 g/mol. The summed E-state index contributed by atoms with van der Waals surface area (Å²) in [5.74, 6) is 0. The number of hydrogen-bond acceptors (Lipinski definition) is 2. The van der Waals surface area contributed by atoms with Gasteiger partial charge in [0.2, 0.25) is 0 Å². The number of para-hydroxylation sites is 2. The molecule has 0 atom stereocenters. The second kappa shape index (κ2) is 14.1. The van der Waals surface area contributed by atoms with Gasteiger partial charge in [0.25, 0.3) is 0 Å². The molecule has 2 nitrogen and oxygen atoms in total. The topological polar surface area (TPSA) is 8.17 Å². The van der Waals surface area contributed by atoms with Crippen molar-refractivity contribution in [1.82, 2.24) is 4.57 Å². The third-order valence-electron chi connectivity index (χ3n) is 11.5. The van der Waals surface area contributed by atoms with Gasteiger partial charge in [-0.05, 0) is 83.3 Å². The zero-order chi connectivity index (χ0) is 38.6. The van der Waals surface area contributed by atoms with Crippen LogP contribution in [-0.4, -0.2) is 4.57 Å². The lowest BCUT2D eigenvalue weighted by molar-refractivity contribution is 1.15. The van der Waals surface area contributed by atoms with Gasteiger partial charge in [-0.15, -0.1) is 11.3 Å². The van der Waals surface area contributed by atoms with Crippen molar-refractivity contribution in [3.05, 3.63) is 218 Å². The zero-order valence-electron chi connectivity index (χ0n) is 32.0.